The topological polar surface area (TPSA) is 20.2 Å². The van der Waals surface area contributed by atoms with Crippen molar-refractivity contribution in [1.29, 1.82) is 0 Å². The van der Waals surface area contributed by atoms with Gasteiger partial charge in [0.2, 0.25) is 0 Å². The van der Waals surface area contributed by atoms with Crippen molar-refractivity contribution in [1.82, 2.24) is 0 Å². The standard InChI is InChI=1S/C16H24OS2/c1-16(2,3)13-6-4-12(5-7-13)10-14(17)15-11-18-8-9-19-15/h4-7,14-15,17H,8-11H2,1-3H3. The minimum atomic E-state index is -0.210. The van der Waals surface area contributed by atoms with Gasteiger partial charge in [0.1, 0.15) is 0 Å². The predicted octanol–water partition coefficient (Wildman–Crippen LogP) is 3.74. The van der Waals surface area contributed by atoms with Crippen molar-refractivity contribution in [2.45, 2.75) is 44.0 Å². The van der Waals surface area contributed by atoms with Crippen LogP contribution in [0.4, 0.5) is 0 Å². The summed E-state index contributed by atoms with van der Waals surface area (Å²) in [5.74, 6) is 3.50. The highest BCUT2D eigenvalue weighted by Crippen LogP contribution is 2.28. The van der Waals surface area contributed by atoms with Crippen molar-refractivity contribution in [2.75, 3.05) is 17.3 Å². The molecule has 2 rings (SSSR count). The highest BCUT2D eigenvalue weighted by Gasteiger charge is 2.23. The molecule has 3 heteroatoms. The van der Waals surface area contributed by atoms with Gasteiger partial charge in [0.05, 0.1) is 6.10 Å². The Kier molecular flexibility index (Phi) is 5.27. The maximum absolute atomic E-state index is 10.3. The molecule has 2 unspecified atom stereocenters. The molecule has 0 aromatic heterocycles. The van der Waals surface area contributed by atoms with Crippen LogP contribution in [0.1, 0.15) is 31.9 Å². The van der Waals surface area contributed by atoms with E-state index in [-0.39, 0.29) is 11.5 Å². The number of aliphatic hydroxyl groups is 1. The lowest BCUT2D eigenvalue weighted by atomic mass is 9.86. The molecule has 1 heterocycles. The van der Waals surface area contributed by atoms with Gasteiger partial charge in [-0.25, -0.2) is 0 Å². The zero-order valence-corrected chi connectivity index (χ0v) is 13.7. The number of benzene rings is 1. The molecule has 0 radical (unpaired) electrons. The van der Waals surface area contributed by atoms with Gasteiger partial charge in [0.25, 0.3) is 0 Å². The van der Waals surface area contributed by atoms with Gasteiger partial charge in [-0.2, -0.15) is 23.5 Å². The Balaban J connectivity index is 1.95. The lowest BCUT2D eigenvalue weighted by Crippen LogP contribution is -2.30. The van der Waals surface area contributed by atoms with E-state index >= 15 is 0 Å². The minimum Gasteiger partial charge on any atom is -0.392 e. The van der Waals surface area contributed by atoms with E-state index in [9.17, 15) is 5.11 Å². The van der Waals surface area contributed by atoms with E-state index in [1.807, 2.05) is 23.5 Å². The molecule has 19 heavy (non-hydrogen) atoms. The molecular formula is C16H24OS2. The van der Waals surface area contributed by atoms with E-state index in [0.29, 0.717) is 5.25 Å². The molecule has 1 saturated heterocycles. The number of thioether (sulfide) groups is 2. The third kappa shape index (κ3) is 4.44. The van der Waals surface area contributed by atoms with Crippen LogP contribution in [0.2, 0.25) is 0 Å². The second-order valence-electron chi connectivity index (χ2n) is 6.20. The van der Waals surface area contributed by atoms with Crippen molar-refractivity contribution in [3.05, 3.63) is 35.4 Å². The molecule has 1 aromatic rings. The van der Waals surface area contributed by atoms with E-state index in [4.69, 9.17) is 0 Å². The van der Waals surface area contributed by atoms with E-state index in [2.05, 4.69) is 45.0 Å². The van der Waals surface area contributed by atoms with Crippen molar-refractivity contribution in [3.8, 4) is 0 Å². The first-order valence-corrected chi connectivity index (χ1v) is 9.14. The van der Waals surface area contributed by atoms with E-state index < -0.39 is 0 Å². The lowest BCUT2D eigenvalue weighted by molar-refractivity contribution is 0.177. The van der Waals surface area contributed by atoms with Gasteiger partial charge >= 0.3 is 0 Å². The third-order valence-electron chi connectivity index (χ3n) is 3.54. The van der Waals surface area contributed by atoms with Gasteiger partial charge in [-0.05, 0) is 23.0 Å². The first-order chi connectivity index (χ1) is 8.97. The molecule has 1 aromatic carbocycles. The Morgan fingerprint density at radius 1 is 1.21 bits per heavy atom. The van der Waals surface area contributed by atoms with Gasteiger partial charge in [-0.15, -0.1) is 0 Å². The van der Waals surface area contributed by atoms with Gasteiger partial charge in [0.15, 0.2) is 0 Å². The Morgan fingerprint density at radius 3 is 2.42 bits per heavy atom. The molecule has 0 bridgehead atoms. The molecule has 0 amide bonds. The maximum Gasteiger partial charge on any atom is 0.0707 e. The molecule has 2 atom stereocenters. The summed E-state index contributed by atoms with van der Waals surface area (Å²) in [5, 5.41) is 10.7. The SMILES string of the molecule is CC(C)(C)c1ccc(CC(O)C2CSCCS2)cc1. The molecular weight excluding hydrogens is 272 g/mol. The molecule has 1 N–H and O–H groups in total. The monoisotopic (exact) mass is 296 g/mol. The van der Waals surface area contributed by atoms with Crippen LogP contribution in [-0.4, -0.2) is 33.7 Å². The quantitative estimate of drug-likeness (QED) is 0.917. The van der Waals surface area contributed by atoms with Crippen LogP contribution in [0.3, 0.4) is 0 Å². The van der Waals surface area contributed by atoms with Gasteiger partial charge in [0, 0.05) is 22.5 Å². The number of hydrogen-bond donors (Lipinski definition) is 1. The van der Waals surface area contributed by atoms with Crippen molar-refractivity contribution in [3.63, 3.8) is 0 Å². The van der Waals surface area contributed by atoms with Gasteiger partial charge < -0.3 is 5.11 Å². The predicted molar refractivity (Wildman–Crippen MR) is 88.4 cm³/mol. The summed E-state index contributed by atoms with van der Waals surface area (Å²) in [6, 6.07) is 8.74. The van der Waals surface area contributed by atoms with Gasteiger partial charge in [-0.3, -0.25) is 0 Å². The Hall–Kier alpha value is -0.120. The summed E-state index contributed by atoms with van der Waals surface area (Å²) in [6.07, 6.45) is 0.570. The smallest absolute Gasteiger partial charge is 0.0707 e. The van der Waals surface area contributed by atoms with Crippen LogP contribution in [0, 0.1) is 0 Å². The molecule has 0 aliphatic carbocycles. The average Bonchev–Trinajstić information content (AvgIpc) is 2.39. The highest BCUT2D eigenvalue weighted by molar-refractivity contribution is 8.06. The summed E-state index contributed by atoms with van der Waals surface area (Å²) >= 11 is 3.89. The Morgan fingerprint density at radius 2 is 1.89 bits per heavy atom. The summed E-state index contributed by atoms with van der Waals surface area (Å²) in [7, 11) is 0. The first-order valence-electron chi connectivity index (χ1n) is 6.93. The van der Waals surface area contributed by atoms with Crippen molar-refractivity contribution >= 4 is 23.5 Å². The van der Waals surface area contributed by atoms with Crippen LogP contribution in [0.25, 0.3) is 0 Å². The molecule has 106 valence electrons. The molecule has 1 fully saturated rings. The summed E-state index contributed by atoms with van der Waals surface area (Å²) in [5.41, 5.74) is 2.80. The summed E-state index contributed by atoms with van der Waals surface area (Å²) in [4.78, 5) is 0. The average molecular weight is 297 g/mol. The van der Waals surface area contributed by atoms with E-state index in [0.717, 1.165) is 12.2 Å². The van der Waals surface area contributed by atoms with Crippen molar-refractivity contribution in [2.24, 2.45) is 0 Å². The first kappa shape index (κ1) is 15.3. The summed E-state index contributed by atoms with van der Waals surface area (Å²) < 4.78 is 0. The molecule has 0 saturated carbocycles. The van der Waals surface area contributed by atoms with E-state index in [1.165, 1.54) is 22.6 Å². The zero-order chi connectivity index (χ0) is 13.9. The number of aliphatic hydroxyl groups excluding tert-OH is 1. The van der Waals surface area contributed by atoms with Crippen LogP contribution in [-0.2, 0) is 11.8 Å². The fourth-order valence-electron chi connectivity index (χ4n) is 2.24. The Labute approximate surface area is 125 Å². The molecule has 1 nitrogen and oxygen atoms in total. The Bertz CT molecular complexity index is 388. The number of hydrogen-bond acceptors (Lipinski definition) is 3. The highest BCUT2D eigenvalue weighted by atomic mass is 32.2. The van der Waals surface area contributed by atoms with Crippen LogP contribution < -0.4 is 0 Å². The normalized spacial score (nSPS) is 22.2. The maximum atomic E-state index is 10.3. The fraction of sp³-hybridized carbons (Fsp3) is 0.625. The number of rotatable bonds is 3. The van der Waals surface area contributed by atoms with Gasteiger partial charge in [-0.1, -0.05) is 45.0 Å². The van der Waals surface area contributed by atoms with Crippen LogP contribution in [0.15, 0.2) is 24.3 Å². The molecule has 0 spiro atoms. The molecule has 1 aliphatic rings. The lowest BCUT2D eigenvalue weighted by Gasteiger charge is -2.26. The minimum absolute atomic E-state index is 0.201. The van der Waals surface area contributed by atoms with E-state index in [1.54, 1.807) is 0 Å². The van der Waals surface area contributed by atoms with Crippen LogP contribution >= 0.6 is 23.5 Å². The second kappa shape index (κ2) is 6.55. The zero-order valence-electron chi connectivity index (χ0n) is 12.1. The third-order valence-corrected chi connectivity index (χ3v) is 6.44. The molecule has 1 aliphatic heterocycles. The van der Waals surface area contributed by atoms with Crippen molar-refractivity contribution < 1.29 is 5.11 Å². The van der Waals surface area contributed by atoms with Crippen LogP contribution in [0.5, 0.6) is 0 Å². The largest absolute Gasteiger partial charge is 0.392 e. The fourth-order valence-corrected chi connectivity index (χ4v) is 5.01. The second-order valence-corrected chi connectivity index (χ2v) is 8.70. The summed E-state index contributed by atoms with van der Waals surface area (Å²) in [6.45, 7) is 6.69.